The number of rotatable bonds is 6. The summed E-state index contributed by atoms with van der Waals surface area (Å²) in [5, 5.41) is 6.02. The average Bonchev–Trinajstić information content (AvgIpc) is 2.74. The number of benzene rings is 3. The second-order valence-electron chi connectivity index (χ2n) is 6.41. The van der Waals surface area contributed by atoms with E-state index in [1.807, 2.05) is 6.92 Å². The Balaban J connectivity index is 1.48. The van der Waals surface area contributed by atoms with Gasteiger partial charge < -0.3 is 10.6 Å². The molecule has 0 spiro atoms. The minimum Gasteiger partial charge on any atom is -0.322 e. The molecule has 0 bridgehead atoms. The maximum absolute atomic E-state index is 13.0. The van der Waals surface area contributed by atoms with Crippen LogP contribution in [-0.4, -0.2) is 11.9 Å². The number of carbonyl (C=O) groups excluding carboxylic acids is 2. The van der Waals surface area contributed by atoms with Crippen LogP contribution in [0.4, 0.5) is 20.6 Å². The number of hydrogen-bond donors (Lipinski definition) is 3. The zero-order valence-corrected chi connectivity index (χ0v) is 17.6. The summed E-state index contributed by atoms with van der Waals surface area (Å²) in [4.78, 5) is 24.3. The highest BCUT2D eigenvalue weighted by molar-refractivity contribution is 7.98. The van der Waals surface area contributed by atoms with Gasteiger partial charge in [0.1, 0.15) is 5.82 Å². The Hall–Kier alpha value is -3.03. The molecule has 0 saturated heterocycles. The fourth-order valence-corrected chi connectivity index (χ4v) is 3.30. The molecule has 5 nitrogen and oxygen atoms in total. The van der Waals surface area contributed by atoms with Crippen LogP contribution in [0.2, 0.25) is 5.02 Å². The van der Waals surface area contributed by atoms with Gasteiger partial charge in [-0.25, -0.2) is 9.18 Å². The van der Waals surface area contributed by atoms with Gasteiger partial charge in [-0.3, -0.25) is 9.52 Å². The van der Waals surface area contributed by atoms with Crippen molar-refractivity contribution in [2.75, 3.05) is 10.6 Å². The van der Waals surface area contributed by atoms with Crippen LogP contribution in [0.1, 0.15) is 28.1 Å². The van der Waals surface area contributed by atoms with Crippen molar-refractivity contribution in [3.63, 3.8) is 0 Å². The van der Waals surface area contributed by atoms with Crippen LogP contribution in [0.5, 0.6) is 0 Å². The van der Waals surface area contributed by atoms with Crippen LogP contribution in [0.25, 0.3) is 0 Å². The van der Waals surface area contributed by atoms with Gasteiger partial charge in [0.2, 0.25) is 0 Å². The van der Waals surface area contributed by atoms with Crippen molar-refractivity contribution < 1.29 is 14.0 Å². The third kappa shape index (κ3) is 6.23. The normalized spacial score (nSPS) is 11.4. The molecule has 0 aliphatic rings. The van der Waals surface area contributed by atoms with Gasteiger partial charge in [-0.1, -0.05) is 23.7 Å². The van der Waals surface area contributed by atoms with Gasteiger partial charge in [0.25, 0.3) is 5.91 Å². The van der Waals surface area contributed by atoms with Crippen molar-refractivity contribution in [1.82, 2.24) is 4.72 Å². The lowest BCUT2D eigenvalue weighted by molar-refractivity contribution is 0.102. The minimum absolute atomic E-state index is 0.0400. The molecular weight excluding hydrogens is 425 g/mol. The number of nitrogens with one attached hydrogen (secondary N) is 3. The van der Waals surface area contributed by atoms with E-state index in [0.717, 1.165) is 5.56 Å². The lowest BCUT2D eigenvalue weighted by Gasteiger charge is -2.13. The van der Waals surface area contributed by atoms with E-state index in [1.54, 1.807) is 60.7 Å². The molecule has 154 valence electrons. The number of urea groups is 1. The fraction of sp³-hybridized carbons (Fsp3) is 0.0909. The van der Waals surface area contributed by atoms with Crippen LogP contribution >= 0.6 is 23.5 Å². The lowest BCUT2D eigenvalue weighted by Crippen LogP contribution is -2.23. The van der Waals surface area contributed by atoms with Crippen LogP contribution in [-0.2, 0) is 0 Å². The van der Waals surface area contributed by atoms with Gasteiger partial charge in [-0.15, -0.1) is 0 Å². The Morgan fingerprint density at radius 3 is 2.03 bits per heavy atom. The summed E-state index contributed by atoms with van der Waals surface area (Å²) >= 11 is 7.05. The Kier molecular flexibility index (Phi) is 7.32. The molecule has 0 aliphatic heterocycles. The van der Waals surface area contributed by atoms with Crippen molar-refractivity contribution in [3.05, 3.63) is 94.8 Å². The van der Waals surface area contributed by atoms with Crippen molar-refractivity contribution >= 4 is 46.9 Å². The predicted octanol–water partition coefficient (Wildman–Crippen LogP) is 6.26. The first-order valence-electron chi connectivity index (χ1n) is 9.06. The molecule has 8 heteroatoms. The van der Waals surface area contributed by atoms with E-state index in [4.69, 9.17) is 11.6 Å². The summed E-state index contributed by atoms with van der Waals surface area (Å²) in [6.07, 6.45) is 0. The number of carbonyl (C=O) groups is 2. The van der Waals surface area contributed by atoms with Crippen LogP contribution < -0.4 is 15.4 Å². The molecule has 0 saturated carbocycles. The molecule has 0 aliphatic carbocycles. The fourth-order valence-electron chi connectivity index (χ4n) is 2.54. The first kappa shape index (κ1) is 21.7. The molecule has 0 radical (unpaired) electrons. The van der Waals surface area contributed by atoms with Crippen LogP contribution in [0.3, 0.4) is 0 Å². The molecule has 3 aromatic carbocycles. The predicted molar refractivity (Wildman–Crippen MR) is 120 cm³/mol. The molecule has 1 atom stereocenters. The van der Waals surface area contributed by atoms with E-state index in [1.165, 1.54) is 24.1 Å². The van der Waals surface area contributed by atoms with E-state index in [2.05, 4.69) is 15.4 Å². The standard InChI is InChI=1S/C22H19ClFN3O2S/c1-14(15-4-8-18(24)9-5-15)30-27-22(29)26-20-12-10-19(11-13-20)25-21(28)16-2-6-17(23)7-3-16/h2-14H,1H3,(H,25,28)(H2,26,27,29). The largest absolute Gasteiger partial charge is 0.329 e. The molecular formula is C22H19ClFN3O2S. The summed E-state index contributed by atoms with van der Waals surface area (Å²) in [6, 6.07) is 19.1. The van der Waals surface area contributed by atoms with Crippen molar-refractivity contribution in [2.24, 2.45) is 0 Å². The monoisotopic (exact) mass is 443 g/mol. The van der Waals surface area contributed by atoms with Crippen molar-refractivity contribution in [1.29, 1.82) is 0 Å². The molecule has 1 unspecified atom stereocenters. The Morgan fingerprint density at radius 1 is 0.867 bits per heavy atom. The number of hydrogen-bond acceptors (Lipinski definition) is 3. The summed E-state index contributed by atoms with van der Waals surface area (Å²) in [6.45, 7) is 1.91. The number of amides is 3. The zero-order valence-electron chi connectivity index (χ0n) is 16.0. The highest BCUT2D eigenvalue weighted by Gasteiger charge is 2.10. The highest BCUT2D eigenvalue weighted by atomic mass is 35.5. The van der Waals surface area contributed by atoms with Gasteiger partial charge in [0.15, 0.2) is 0 Å². The van der Waals surface area contributed by atoms with Gasteiger partial charge in [0.05, 0.1) is 0 Å². The second kappa shape index (κ2) is 10.1. The van der Waals surface area contributed by atoms with E-state index in [9.17, 15) is 14.0 Å². The van der Waals surface area contributed by atoms with Crippen molar-refractivity contribution in [3.8, 4) is 0 Å². The Bertz CT molecular complexity index is 1010. The first-order valence-corrected chi connectivity index (χ1v) is 10.3. The number of anilines is 2. The van der Waals surface area contributed by atoms with E-state index < -0.39 is 0 Å². The summed E-state index contributed by atoms with van der Waals surface area (Å²) in [7, 11) is 0. The third-order valence-corrected chi connectivity index (χ3v) is 5.36. The molecule has 3 N–H and O–H groups in total. The average molecular weight is 444 g/mol. The molecule has 3 rings (SSSR count). The molecule has 0 heterocycles. The Labute approximate surface area is 183 Å². The maximum Gasteiger partial charge on any atom is 0.329 e. The van der Waals surface area contributed by atoms with E-state index in [-0.39, 0.29) is 23.0 Å². The van der Waals surface area contributed by atoms with Crippen LogP contribution in [0, 0.1) is 5.82 Å². The quantitative estimate of drug-likeness (QED) is 0.393. The maximum atomic E-state index is 13.0. The smallest absolute Gasteiger partial charge is 0.322 e. The molecule has 0 fully saturated rings. The van der Waals surface area contributed by atoms with E-state index >= 15 is 0 Å². The van der Waals surface area contributed by atoms with Crippen molar-refractivity contribution in [2.45, 2.75) is 12.2 Å². The molecule has 0 aromatic heterocycles. The molecule has 30 heavy (non-hydrogen) atoms. The van der Waals surface area contributed by atoms with E-state index in [0.29, 0.717) is 22.0 Å². The molecule has 3 amide bonds. The topological polar surface area (TPSA) is 70.2 Å². The highest BCUT2D eigenvalue weighted by Crippen LogP contribution is 2.25. The van der Waals surface area contributed by atoms with Gasteiger partial charge in [0, 0.05) is 27.2 Å². The van der Waals surface area contributed by atoms with Gasteiger partial charge in [-0.2, -0.15) is 0 Å². The van der Waals surface area contributed by atoms with Crippen LogP contribution in [0.15, 0.2) is 72.8 Å². The first-order chi connectivity index (χ1) is 14.4. The lowest BCUT2D eigenvalue weighted by atomic mass is 10.2. The van der Waals surface area contributed by atoms with Gasteiger partial charge in [-0.05, 0) is 85.1 Å². The second-order valence-corrected chi connectivity index (χ2v) is 7.99. The zero-order chi connectivity index (χ0) is 21.5. The summed E-state index contributed by atoms with van der Waals surface area (Å²) in [5.41, 5.74) is 2.57. The SMILES string of the molecule is CC(SNC(=O)Nc1ccc(NC(=O)c2ccc(Cl)cc2)cc1)c1ccc(F)cc1. The third-order valence-electron chi connectivity index (χ3n) is 4.17. The summed E-state index contributed by atoms with van der Waals surface area (Å²) in [5.74, 6) is -0.550. The molecule has 3 aromatic rings. The Morgan fingerprint density at radius 2 is 1.43 bits per heavy atom. The summed E-state index contributed by atoms with van der Waals surface area (Å²) < 4.78 is 15.7. The van der Waals surface area contributed by atoms with Gasteiger partial charge >= 0.3 is 6.03 Å². The minimum atomic E-state index is -0.382. The number of halogens is 2.